The van der Waals surface area contributed by atoms with Crippen LogP contribution in [0.2, 0.25) is 5.02 Å². The Bertz CT molecular complexity index is 412. The van der Waals surface area contributed by atoms with E-state index in [1.54, 1.807) is 6.92 Å². The number of halogens is 1. The SMILES string of the molecule is CCOC(=O)Oc1ccc(Cl)cc1C#N. The van der Waals surface area contributed by atoms with Gasteiger partial charge in [0.1, 0.15) is 6.07 Å². The van der Waals surface area contributed by atoms with Gasteiger partial charge in [-0.25, -0.2) is 4.79 Å². The van der Waals surface area contributed by atoms with Crippen molar-refractivity contribution in [2.45, 2.75) is 6.92 Å². The van der Waals surface area contributed by atoms with Gasteiger partial charge in [0.25, 0.3) is 0 Å². The lowest BCUT2D eigenvalue weighted by Crippen LogP contribution is -2.10. The third-order valence-corrected chi connectivity index (χ3v) is 1.75. The van der Waals surface area contributed by atoms with Crippen LogP contribution in [-0.4, -0.2) is 12.8 Å². The summed E-state index contributed by atoms with van der Waals surface area (Å²) in [7, 11) is 0. The van der Waals surface area contributed by atoms with Crippen LogP contribution < -0.4 is 4.74 Å². The summed E-state index contributed by atoms with van der Waals surface area (Å²) in [5.41, 5.74) is 0.190. The zero-order valence-corrected chi connectivity index (χ0v) is 8.75. The Morgan fingerprint density at radius 3 is 2.93 bits per heavy atom. The zero-order valence-electron chi connectivity index (χ0n) is 7.99. The third-order valence-electron chi connectivity index (χ3n) is 1.52. The molecule has 0 aliphatic carbocycles. The van der Waals surface area contributed by atoms with E-state index in [9.17, 15) is 4.79 Å². The predicted octanol–water partition coefficient (Wildman–Crippen LogP) is 2.75. The fraction of sp³-hybridized carbons (Fsp3) is 0.200. The minimum atomic E-state index is -0.837. The second kappa shape index (κ2) is 5.23. The Morgan fingerprint density at radius 2 is 2.33 bits per heavy atom. The fourth-order valence-electron chi connectivity index (χ4n) is 0.916. The van der Waals surface area contributed by atoms with E-state index in [0.29, 0.717) is 5.02 Å². The van der Waals surface area contributed by atoms with Crippen molar-refractivity contribution in [3.05, 3.63) is 28.8 Å². The molecule has 0 radical (unpaired) electrons. The number of rotatable bonds is 2. The molecule has 15 heavy (non-hydrogen) atoms. The van der Waals surface area contributed by atoms with Gasteiger partial charge < -0.3 is 9.47 Å². The van der Waals surface area contributed by atoms with Crippen LogP contribution in [0.25, 0.3) is 0 Å². The van der Waals surface area contributed by atoms with Crippen molar-refractivity contribution in [2.75, 3.05) is 6.61 Å². The number of hydrogen-bond donors (Lipinski definition) is 0. The minimum absolute atomic E-state index is 0.139. The quantitative estimate of drug-likeness (QED) is 0.574. The Kier molecular flexibility index (Phi) is 3.95. The van der Waals surface area contributed by atoms with Gasteiger partial charge in [0.2, 0.25) is 0 Å². The molecule has 0 amide bonds. The first kappa shape index (κ1) is 11.3. The van der Waals surface area contributed by atoms with Gasteiger partial charge in [0.15, 0.2) is 5.75 Å². The van der Waals surface area contributed by atoms with E-state index in [1.807, 2.05) is 6.07 Å². The molecule has 0 N–H and O–H groups in total. The normalized spacial score (nSPS) is 9.13. The molecular weight excluding hydrogens is 218 g/mol. The van der Waals surface area contributed by atoms with Crippen molar-refractivity contribution in [3.63, 3.8) is 0 Å². The summed E-state index contributed by atoms with van der Waals surface area (Å²) < 4.78 is 9.36. The predicted molar refractivity (Wildman–Crippen MR) is 53.8 cm³/mol. The number of nitrogens with zero attached hydrogens (tertiary/aromatic N) is 1. The molecule has 1 aromatic rings. The van der Waals surface area contributed by atoms with Gasteiger partial charge in [0, 0.05) is 5.02 Å². The van der Waals surface area contributed by atoms with Crippen molar-refractivity contribution in [3.8, 4) is 11.8 Å². The summed E-state index contributed by atoms with van der Waals surface area (Å²) in [5, 5.41) is 9.15. The van der Waals surface area contributed by atoms with Gasteiger partial charge in [-0.3, -0.25) is 0 Å². The van der Waals surface area contributed by atoms with Crippen LogP contribution >= 0.6 is 11.6 Å². The summed E-state index contributed by atoms with van der Waals surface area (Å²) in [6, 6.07) is 6.25. The highest BCUT2D eigenvalue weighted by molar-refractivity contribution is 6.30. The highest BCUT2D eigenvalue weighted by Crippen LogP contribution is 2.22. The van der Waals surface area contributed by atoms with Crippen LogP contribution in [0, 0.1) is 11.3 Å². The maximum atomic E-state index is 11.0. The first-order valence-electron chi connectivity index (χ1n) is 4.21. The smallest absolute Gasteiger partial charge is 0.434 e. The van der Waals surface area contributed by atoms with E-state index in [0.717, 1.165) is 0 Å². The van der Waals surface area contributed by atoms with E-state index in [-0.39, 0.29) is 17.9 Å². The lowest BCUT2D eigenvalue weighted by molar-refractivity contribution is 0.104. The molecule has 1 aromatic carbocycles. The molecule has 5 heteroatoms. The standard InChI is InChI=1S/C10H8ClNO3/c1-2-14-10(13)15-9-4-3-8(11)5-7(9)6-12/h3-5H,2H2,1H3. The van der Waals surface area contributed by atoms with Crippen LogP contribution in [0.15, 0.2) is 18.2 Å². The Hall–Kier alpha value is -1.73. The molecule has 0 aromatic heterocycles. The summed E-state index contributed by atoms with van der Waals surface area (Å²) in [5.74, 6) is 0.139. The summed E-state index contributed by atoms with van der Waals surface area (Å²) >= 11 is 5.67. The topological polar surface area (TPSA) is 59.3 Å². The molecule has 0 atom stereocenters. The van der Waals surface area contributed by atoms with Gasteiger partial charge in [-0.05, 0) is 25.1 Å². The third kappa shape index (κ3) is 3.15. The Morgan fingerprint density at radius 1 is 1.60 bits per heavy atom. The number of hydrogen-bond acceptors (Lipinski definition) is 4. The van der Waals surface area contributed by atoms with Gasteiger partial charge in [-0.2, -0.15) is 5.26 Å². The first-order chi connectivity index (χ1) is 7.17. The number of nitriles is 1. The highest BCUT2D eigenvalue weighted by Gasteiger charge is 2.09. The largest absolute Gasteiger partial charge is 0.513 e. The lowest BCUT2D eigenvalue weighted by Gasteiger charge is -2.05. The lowest BCUT2D eigenvalue weighted by atomic mass is 10.2. The second-order valence-corrected chi connectivity index (χ2v) is 2.97. The monoisotopic (exact) mass is 225 g/mol. The van der Waals surface area contributed by atoms with Crippen LogP contribution in [0.1, 0.15) is 12.5 Å². The van der Waals surface area contributed by atoms with Gasteiger partial charge >= 0.3 is 6.16 Å². The van der Waals surface area contributed by atoms with Gasteiger partial charge in [-0.15, -0.1) is 0 Å². The fourth-order valence-corrected chi connectivity index (χ4v) is 1.09. The van der Waals surface area contributed by atoms with Crippen molar-refractivity contribution < 1.29 is 14.3 Å². The number of benzene rings is 1. The maximum Gasteiger partial charge on any atom is 0.513 e. The van der Waals surface area contributed by atoms with E-state index in [4.69, 9.17) is 21.6 Å². The average molecular weight is 226 g/mol. The van der Waals surface area contributed by atoms with Crippen LogP contribution in [0.5, 0.6) is 5.75 Å². The molecule has 0 aliphatic heterocycles. The number of ether oxygens (including phenoxy) is 2. The molecule has 0 bridgehead atoms. The van der Waals surface area contributed by atoms with E-state index < -0.39 is 6.16 Å². The Balaban J connectivity index is 2.86. The van der Waals surface area contributed by atoms with E-state index >= 15 is 0 Å². The summed E-state index contributed by atoms with van der Waals surface area (Å²) in [6.45, 7) is 1.88. The van der Waals surface area contributed by atoms with E-state index in [2.05, 4.69) is 4.74 Å². The van der Waals surface area contributed by atoms with Crippen molar-refractivity contribution in [1.82, 2.24) is 0 Å². The molecule has 0 heterocycles. The molecule has 0 spiro atoms. The molecule has 4 nitrogen and oxygen atoms in total. The minimum Gasteiger partial charge on any atom is -0.434 e. The second-order valence-electron chi connectivity index (χ2n) is 2.54. The molecular formula is C10H8ClNO3. The summed E-state index contributed by atoms with van der Waals surface area (Å²) in [6.07, 6.45) is -0.837. The van der Waals surface area contributed by atoms with Crippen LogP contribution in [-0.2, 0) is 4.74 Å². The maximum absolute atomic E-state index is 11.0. The molecule has 0 unspecified atom stereocenters. The molecule has 0 fully saturated rings. The van der Waals surface area contributed by atoms with Gasteiger partial charge in [-0.1, -0.05) is 11.6 Å². The average Bonchev–Trinajstić information content (AvgIpc) is 2.21. The van der Waals surface area contributed by atoms with Gasteiger partial charge in [0.05, 0.1) is 12.2 Å². The van der Waals surface area contributed by atoms with Crippen LogP contribution in [0.4, 0.5) is 4.79 Å². The van der Waals surface area contributed by atoms with Crippen molar-refractivity contribution in [2.24, 2.45) is 0 Å². The molecule has 78 valence electrons. The molecule has 0 saturated heterocycles. The zero-order chi connectivity index (χ0) is 11.3. The van der Waals surface area contributed by atoms with E-state index in [1.165, 1.54) is 18.2 Å². The number of carbonyl (C=O) groups is 1. The molecule has 1 rings (SSSR count). The first-order valence-corrected chi connectivity index (χ1v) is 4.59. The molecule has 0 saturated carbocycles. The number of carbonyl (C=O) groups excluding carboxylic acids is 1. The van der Waals surface area contributed by atoms with Crippen molar-refractivity contribution in [1.29, 1.82) is 5.26 Å². The molecule has 0 aliphatic rings. The van der Waals surface area contributed by atoms with Crippen molar-refractivity contribution >= 4 is 17.8 Å². The highest BCUT2D eigenvalue weighted by atomic mass is 35.5. The van der Waals surface area contributed by atoms with Crippen LogP contribution in [0.3, 0.4) is 0 Å². The summed E-state index contributed by atoms with van der Waals surface area (Å²) in [4.78, 5) is 11.0. The Labute approximate surface area is 92.0 Å².